The number of nitrogens with one attached hydrogen (secondary N) is 2. The third-order valence-electron chi connectivity index (χ3n) is 3.12. The fraction of sp³-hybridized carbons (Fsp3) is 0.857. The number of hydrogen-bond acceptors (Lipinski definition) is 3. The quantitative estimate of drug-likeness (QED) is 0.839. The number of halogens is 3. The maximum Gasteiger partial charge on any atom is 0.407 e. The van der Waals surface area contributed by atoms with Crippen LogP contribution in [0.2, 0.25) is 0 Å². The van der Waals surface area contributed by atoms with E-state index in [1.165, 1.54) is 0 Å². The molecule has 8 heteroatoms. The Balaban J connectivity index is 2.41. The van der Waals surface area contributed by atoms with E-state index in [-0.39, 0.29) is 12.1 Å². The average molecular weight is 324 g/mol. The molecule has 1 rings (SSSR count). The monoisotopic (exact) mass is 324 g/mol. The van der Waals surface area contributed by atoms with Crippen molar-refractivity contribution < 1.29 is 27.5 Å². The van der Waals surface area contributed by atoms with Gasteiger partial charge in [-0.05, 0) is 46.5 Å². The number of carbonyl (C=O) groups excluding carboxylic acids is 2. The third-order valence-corrected chi connectivity index (χ3v) is 3.12. The molecule has 2 N–H and O–H groups in total. The molecule has 2 atom stereocenters. The van der Waals surface area contributed by atoms with Gasteiger partial charge in [-0.2, -0.15) is 13.2 Å². The van der Waals surface area contributed by atoms with E-state index in [2.05, 4.69) is 10.6 Å². The van der Waals surface area contributed by atoms with E-state index >= 15 is 0 Å². The zero-order chi connectivity index (χ0) is 17.0. The second-order valence-electron chi connectivity index (χ2n) is 6.57. The highest BCUT2D eigenvalue weighted by molar-refractivity contribution is 5.77. The number of alkyl carbamates (subject to hydrolysis) is 1. The molecule has 22 heavy (non-hydrogen) atoms. The van der Waals surface area contributed by atoms with Gasteiger partial charge in [0.05, 0.1) is 0 Å². The summed E-state index contributed by atoms with van der Waals surface area (Å²) in [5.41, 5.74) is -0.612. The highest BCUT2D eigenvalue weighted by atomic mass is 19.4. The summed E-state index contributed by atoms with van der Waals surface area (Å²) in [5, 5.41) is 5.07. The van der Waals surface area contributed by atoms with Gasteiger partial charge >= 0.3 is 12.3 Å². The molecule has 5 nitrogen and oxygen atoms in total. The first-order valence-electron chi connectivity index (χ1n) is 7.30. The molecule has 0 saturated heterocycles. The summed E-state index contributed by atoms with van der Waals surface area (Å²) in [6.07, 6.45) is -4.10. The van der Waals surface area contributed by atoms with Crippen LogP contribution in [0.1, 0.15) is 52.9 Å². The van der Waals surface area contributed by atoms with Crippen molar-refractivity contribution in [1.82, 2.24) is 10.6 Å². The Labute approximate surface area is 128 Å². The van der Waals surface area contributed by atoms with Crippen LogP contribution in [-0.4, -0.2) is 35.9 Å². The minimum atomic E-state index is -4.51. The highest BCUT2D eigenvalue weighted by Gasteiger charge is 2.33. The molecule has 0 aliphatic heterocycles. The van der Waals surface area contributed by atoms with E-state index in [1.54, 1.807) is 20.8 Å². The molecular weight excluding hydrogens is 301 g/mol. The van der Waals surface area contributed by atoms with Crippen LogP contribution in [-0.2, 0) is 9.53 Å². The lowest BCUT2D eigenvalue weighted by molar-refractivity contribution is -0.154. The Hall–Kier alpha value is -1.47. The maximum absolute atomic E-state index is 12.1. The first-order valence-corrected chi connectivity index (χ1v) is 7.30. The normalized spacial score (nSPS) is 22.8. The maximum atomic E-state index is 12.1. The van der Waals surface area contributed by atoms with Crippen molar-refractivity contribution in [3.63, 3.8) is 0 Å². The fourth-order valence-electron chi connectivity index (χ4n) is 2.39. The molecule has 2 unspecified atom stereocenters. The van der Waals surface area contributed by atoms with E-state index in [4.69, 9.17) is 4.74 Å². The smallest absolute Gasteiger partial charge is 0.407 e. The van der Waals surface area contributed by atoms with Crippen molar-refractivity contribution in [2.24, 2.45) is 0 Å². The summed E-state index contributed by atoms with van der Waals surface area (Å²) in [5.74, 6) is -1.03. The minimum absolute atomic E-state index is 0.209. The molecule has 1 aliphatic rings. The van der Waals surface area contributed by atoms with Gasteiger partial charge in [0.25, 0.3) is 0 Å². The number of alkyl halides is 3. The molecule has 2 amide bonds. The van der Waals surface area contributed by atoms with E-state index in [1.807, 2.05) is 0 Å². The molecule has 0 aromatic heterocycles. The lowest BCUT2D eigenvalue weighted by atomic mass is 9.91. The number of rotatable bonds is 3. The van der Waals surface area contributed by atoms with Crippen LogP contribution in [0.4, 0.5) is 18.0 Å². The summed E-state index contributed by atoms with van der Waals surface area (Å²) in [7, 11) is 0. The van der Waals surface area contributed by atoms with E-state index in [0.29, 0.717) is 19.3 Å². The van der Waals surface area contributed by atoms with Crippen molar-refractivity contribution in [2.75, 3.05) is 0 Å². The molecule has 128 valence electrons. The third kappa shape index (κ3) is 8.09. The Morgan fingerprint density at radius 1 is 1.09 bits per heavy atom. The topological polar surface area (TPSA) is 67.4 Å². The Morgan fingerprint density at radius 3 is 2.14 bits per heavy atom. The number of amides is 2. The van der Waals surface area contributed by atoms with Gasteiger partial charge in [0.2, 0.25) is 5.91 Å². The molecule has 1 fully saturated rings. The van der Waals surface area contributed by atoms with Gasteiger partial charge < -0.3 is 15.4 Å². The number of ether oxygens (including phenoxy) is 1. The molecule has 0 heterocycles. The zero-order valence-corrected chi connectivity index (χ0v) is 13.0. The fourth-order valence-corrected chi connectivity index (χ4v) is 2.39. The van der Waals surface area contributed by atoms with Gasteiger partial charge in [0, 0.05) is 12.1 Å². The first kappa shape index (κ1) is 18.6. The summed E-state index contributed by atoms with van der Waals surface area (Å²) in [6.45, 7) is 5.23. The van der Waals surface area contributed by atoms with Crippen LogP contribution in [0.25, 0.3) is 0 Å². The molecule has 1 aliphatic carbocycles. The van der Waals surface area contributed by atoms with Crippen LogP contribution in [0.3, 0.4) is 0 Å². The predicted molar refractivity (Wildman–Crippen MR) is 74.2 cm³/mol. The van der Waals surface area contributed by atoms with Gasteiger partial charge in [0.1, 0.15) is 12.0 Å². The SMILES string of the molecule is CC(C)(C)OC(=O)NC1CCCC(NC(=O)CC(F)(F)F)C1. The zero-order valence-electron chi connectivity index (χ0n) is 13.0. The van der Waals surface area contributed by atoms with Gasteiger partial charge in [-0.1, -0.05) is 0 Å². The van der Waals surface area contributed by atoms with Crippen LogP contribution in [0.5, 0.6) is 0 Å². The van der Waals surface area contributed by atoms with E-state index in [9.17, 15) is 22.8 Å². The first-order chi connectivity index (χ1) is 9.94. The average Bonchev–Trinajstić information content (AvgIpc) is 2.22. The largest absolute Gasteiger partial charge is 0.444 e. The Morgan fingerprint density at radius 2 is 1.64 bits per heavy atom. The second-order valence-corrected chi connectivity index (χ2v) is 6.57. The van der Waals surface area contributed by atoms with E-state index < -0.39 is 30.2 Å². The van der Waals surface area contributed by atoms with Crippen molar-refractivity contribution in [1.29, 1.82) is 0 Å². The minimum Gasteiger partial charge on any atom is -0.444 e. The second kappa shape index (κ2) is 7.19. The van der Waals surface area contributed by atoms with Crippen LogP contribution in [0.15, 0.2) is 0 Å². The van der Waals surface area contributed by atoms with E-state index in [0.717, 1.165) is 6.42 Å². The molecule has 0 spiro atoms. The van der Waals surface area contributed by atoms with Crippen LogP contribution in [0, 0.1) is 0 Å². The molecule has 0 aromatic carbocycles. The summed E-state index contributed by atoms with van der Waals surface area (Å²) in [4.78, 5) is 23.0. The van der Waals surface area contributed by atoms with Crippen molar-refractivity contribution in [3.05, 3.63) is 0 Å². The lowest BCUT2D eigenvalue weighted by Crippen LogP contribution is -2.47. The van der Waals surface area contributed by atoms with Crippen molar-refractivity contribution in [2.45, 2.75) is 76.7 Å². The molecule has 0 aromatic rings. The summed E-state index contributed by atoms with van der Waals surface area (Å²) in [6, 6.07) is -0.566. The number of hydrogen-bond donors (Lipinski definition) is 2. The van der Waals surface area contributed by atoms with Gasteiger partial charge in [-0.15, -0.1) is 0 Å². The van der Waals surface area contributed by atoms with Crippen LogP contribution < -0.4 is 10.6 Å². The summed E-state index contributed by atoms with van der Waals surface area (Å²) < 4.78 is 41.5. The van der Waals surface area contributed by atoms with Gasteiger partial charge in [-0.25, -0.2) is 4.79 Å². The molecule has 0 bridgehead atoms. The van der Waals surface area contributed by atoms with Crippen molar-refractivity contribution >= 4 is 12.0 Å². The summed E-state index contributed by atoms with van der Waals surface area (Å²) >= 11 is 0. The lowest BCUT2D eigenvalue weighted by Gasteiger charge is -2.31. The number of carbonyl (C=O) groups is 2. The van der Waals surface area contributed by atoms with Crippen LogP contribution >= 0.6 is 0 Å². The Bertz CT molecular complexity index is 369. The standard InChI is InChI=1S/C14H23F3N2O3/c1-13(2,3)22-12(21)19-10-6-4-5-9(7-10)18-11(20)8-14(15,16)17/h9-10H,4-8H2,1-3H3,(H,18,20)(H,19,21). The molecule has 1 saturated carbocycles. The molecule has 0 radical (unpaired) electrons. The Kier molecular flexibility index (Phi) is 6.08. The predicted octanol–water partition coefficient (Wildman–Crippen LogP) is 2.89. The van der Waals surface area contributed by atoms with Crippen molar-refractivity contribution in [3.8, 4) is 0 Å². The highest BCUT2D eigenvalue weighted by Crippen LogP contribution is 2.22. The van der Waals surface area contributed by atoms with Gasteiger partial charge in [0.15, 0.2) is 0 Å². The van der Waals surface area contributed by atoms with Gasteiger partial charge in [-0.3, -0.25) is 4.79 Å². The molecular formula is C14H23F3N2O3.